The fourth-order valence-corrected chi connectivity index (χ4v) is 6.61. The highest BCUT2D eigenvalue weighted by Gasteiger charge is 2.41. The molecule has 6 nitrogen and oxygen atoms in total. The molecule has 226 valence electrons. The number of nitrogens with one attached hydrogen (secondary N) is 2. The summed E-state index contributed by atoms with van der Waals surface area (Å²) in [5, 5.41) is 27.6. The number of aliphatic hydroxyl groups excluding tert-OH is 2. The van der Waals surface area contributed by atoms with Gasteiger partial charge in [-0.1, -0.05) is 84.9 Å². The lowest BCUT2D eigenvalue weighted by molar-refractivity contribution is -0.162. The van der Waals surface area contributed by atoms with E-state index >= 15 is 0 Å². The van der Waals surface area contributed by atoms with E-state index in [1.165, 1.54) is 11.1 Å². The molecule has 6 heteroatoms. The van der Waals surface area contributed by atoms with Crippen molar-refractivity contribution >= 4 is 0 Å². The van der Waals surface area contributed by atoms with Gasteiger partial charge in [-0.2, -0.15) is 0 Å². The molecule has 0 spiro atoms. The molecular formula is C35H52N2O4. The van der Waals surface area contributed by atoms with Crippen molar-refractivity contribution in [2.75, 3.05) is 26.3 Å². The van der Waals surface area contributed by atoms with Gasteiger partial charge in [0, 0.05) is 24.6 Å². The van der Waals surface area contributed by atoms with Crippen LogP contribution in [0.25, 0.3) is 0 Å². The van der Waals surface area contributed by atoms with Crippen molar-refractivity contribution in [3.8, 4) is 0 Å². The van der Waals surface area contributed by atoms with E-state index in [9.17, 15) is 10.2 Å². The summed E-state index contributed by atoms with van der Waals surface area (Å²) in [4.78, 5) is 0. The molecule has 1 aromatic carbocycles. The molecular weight excluding hydrogens is 512 g/mol. The summed E-state index contributed by atoms with van der Waals surface area (Å²) < 4.78 is 11.6. The van der Waals surface area contributed by atoms with E-state index in [4.69, 9.17) is 9.47 Å². The molecule has 4 rings (SSSR count). The molecule has 4 N–H and O–H groups in total. The van der Waals surface area contributed by atoms with Crippen molar-refractivity contribution in [2.45, 2.75) is 101 Å². The third-order valence-corrected chi connectivity index (χ3v) is 8.75. The molecule has 2 aliphatic carbocycles. The van der Waals surface area contributed by atoms with Crippen LogP contribution in [0.15, 0.2) is 78.4 Å². The predicted molar refractivity (Wildman–Crippen MR) is 166 cm³/mol. The fraction of sp³-hybridized carbons (Fsp3) is 0.600. The average Bonchev–Trinajstić information content (AvgIpc) is 3.02. The van der Waals surface area contributed by atoms with E-state index in [2.05, 4.69) is 83.5 Å². The molecule has 0 bridgehead atoms. The normalized spacial score (nSPS) is 24.4. The summed E-state index contributed by atoms with van der Waals surface area (Å²) in [6, 6.07) is 10.9. The first-order chi connectivity index (χ1) is 20.1. The lowest BCUT2D eigenvalue weighted by atomic mass is 9.59. The van der Waals surface area contributed by atoms with Crippen LogP contribution in [0.1, 0.15) is 76.7 Å². The van der Waals surface area contributed by atoms with Gasteiger partial charge in [0.05, 0.1) is 12.7 Å². The molecule has 0 aromatic heterocycles. The third-order valence-electron chi connectivity index (χ3n) is 8.75. The zero-order valence-electron chi connectivity index (χ0n) is 24.9. The minimum absolute atomic E-state index is 0.0726. The Bertz CT molecular complexity index is 999. The van der Waals surface area contributed by atoms with Gasteiger partial charge in [0.15, 0.2) is 6.29 Å². The number of hydrogen-bond acceptors (Lipinski definition) is 6. The van der Waals surface area contributed by atoms with Crippen LogP contribution in [-0.4, -0.2) is 61.2 Å². The largest absolute Gasteiger partial charge is 0.392 e. The Morgan fingerprint density at radius 2 is 1.93 bits per heavy atom. The van der Waals surface area contributed by atoms with E-state index in [-0.39, 0.29) is 17.7 Å². The Morgan fingerprint density at radius 1 is 1.05 bits per heavy atom. The second-order valence-corrected chi connectivity index (χ2v) is 11.8. The maximum absolute atomic E-state index is 11.1. The lowest BCUT2D eigenvalue weighted by Crippen LogP contribution is -2.50. The minimum Gasteiger partial charge on any atom is -0.392 e. The van der Waals surface area contributed by atoms with E-state index < -0.39 is 12.3 Å². The maximum Gasteiger partial charge on any atom is 0.157 e. The maximum atomic E-state index is 11.1. The van der Waals surface area contributed by atoms with Crippen molar-refractivity contribution < 1.29 is 19.7 Å². The molecule has 1 aromatic rings. The zero-order valence-corrected chi connectivity index (χ0v) is 24.9. The van der Waals surface area contributed by atoms with Crippen LogP contribution in [0.2, 0.25) is 0 Å². The summed E-state index contributed by atoms with van der Waals surface area (Å²) in [6.07, 6.45) is 24.7. The zero-order chi connectivity index (χ0) is 28.8. The first kappa shape index (κ1) is 31.9. The first-order valence-corrected chi connectivity index (χ1v) is 15.9. The highest BCUT2D eigenvalue weighted by Crippen LogP contribution is 2.49. The van der Waals surface area contributed by atoms with Crippen LogP contribution in [0, 0.1) is 5.92 Å². The Hall–Kier alpha value is -2.06. The Kier molecular flexibility index (Phi) is 13.3. The standard InChI is InChI=1S/C35H52N2O4/c1-28(38)27-37-34(39)32(36-24-14-26-41-33-22-11-12-25-40-33)21-13-23-35(29-15-5-2-6-16-29,30-17-7-3-8-18-30)31-19-9-4-10-20-31/h2-9,15-17,19,28,30,32-34,36-39H,10-14,18,20-27H2,1H3/t28-,30?,32-,33?,34?,35?/m0/s1. The molecule has 4 unspecified atom stereocenters. The molecule has 6 atom stereocenters. The molecule has 1 saturated heterocycles. The van der Waals surface area contributed by atoms with Gasteiger partial charge in [-0.15, -0.1) is 0 Å². The summed E-state index contributed by atoms with van der Waals surface area (Å²) in [5.41, 5.74) is 2.80. The van der Waals surface area contributed by atoms with Crippen LogP contribution in [0.3, 0.4) is 0 Å². The first-order valence-electron chi connectivity index (χ1n) is 15.9. The minimum atomic E-state index is -0.743. The number of hydrogen-bond donors (Lipinski definition) is 4. The topological polar surface area (TPSA) is 83.0 Å². The molecule has 3 aliphatic rings. The van der Waals surface area contributed by atoms with Crippen LogP contribution in [0.4, 0.5) is 0 Å². The summed E-state index contributed by atoms with van der Waals surface area (Å²) in [7, 11) is 0. The van der Waals surface area contributed by atoms with Crippen molar-refractivity contribution in [3.63, 3.8) is 0 Å². The predicted octanol–water partition coefficient (Wildman–Crippen LogP) is 5.68. The summed E-state index contributed by atoms with van der Waals surface area (Å²) in [6.45, 7) is 4.27. The van der Waals surface area contributed by atoms with Crippen molar-refractivity contribution in [3.05, 3.63) is 84.0 Å². The number of benzene rings is 1. The van der Waals surface area contributed by atoms with Crippen LogP contribution in [0.5, 0.6) is 0 Å². The highest BCUT2D eigenvalue weighted by atomic mass is 16.7. The molecule has 1 heterocycles. The summed E-state index contributed by atoms with van der Waals surface area (Å²) >= 11 is 0. The molecule has 0 radical (unpaired) electrons. The Morgan fingerprint density at radius 3 is 2.63 bits per heavy atom. The van der Waals surface area contributed by atoms with E-state index in [1.54, 1.807) is 6.92 Å². The van der Waals surface area contributed by atoms with E-state index in [1.807, 2.05) is 0 Å². The van der Waals surface area contributed by atoms with Gasteiger partial charge in [-0.3, -0.25) is 5.32 Å². The van der Waals surface area contributed by atoms with Gasteiger partial charge in [0.25, 0.3) is 0 Å². The van der Waals surface area contributed by atoms with Crippen LogP contribution < -0.4 is 10.6 Å². The van der Waals surface area contributed by atoms with Gasteiger partial charge in [0.1, 0.15) is 6.23 Å². The number of aliphatic hydroxyl groups is 2. The second kappa shape index (κ2) is 17.2. The van der Waals surface area contributed by atoms with Gasteiger partial charge < -0.3 is 25.0 Å². The summed E-state index contributed by atoms with van der Waals surface area (Å²) in [5.74, 6) is 0.386. The lowest BCUT2D eigenvalue weighted by Gasteiger charge is -2.44. The fourth-order valence-electron chi connectivity index (χ4n) is 6.61. The third kappa shape index (κ3) is 9.47. The second-order valence-electron chi connectivity index (χ2n) is 11.8. The van der Waals surface area contributed by atoms with Crippen LogP contribution >= 0.6 is 0 Å². The molecule has 0 saturated carbocycles. The van der Waals surface area contributed by atoms with Crippen molar-refractivity contribution in [1.82, 2.24) is 10.6 Å². The number of rotatable bonds is 17. The monoisotopic (exact) mass is 564 g/mol. The van der Waals surface area contributed by atoms with E-state index in [0.717, 1.165) is 77.4 Å². The Labute approximate surface area is 247 Å². The van der Waals surface area contributed by atoms with Gasteiger partial charge in [-0.05, 0) is 82.7 Å². The average molecular weight is 565 g/mol. The molecule has 0 amide bonds. The highest BCUT2D eigenvalue weighted by molar-refractivity contribution is 5.43. The molecule has 1 aliphatic heterocycles. The number of allylic oxidation sites excluding steroid dienone is 8. The quantitative estimate of drug-likeness (QED) is 0.144. The van der Waals surface area contributed by atoms with Crippen molar-refractivity contribution in [1.29, 1.82) is 0 Å². The van der Waals surface area contributed by atoms with Gasteiger partial charge in [-0.25, -0.2) is 0 Å². The Balaban J connectivity index is 1.44. The molecule has 1 fully saturated rings. The van der Waals surface area contributed by atoms with Gasteiger partial charge >= 0.3 is 0 Å². The van der Waals surface area contributed by atoms with Crippen molar-refractivity contribution in [2.24, 2.45) is 5.92 Å². The van der Waals surface area contributed by atoms with E-state index in [0.29, 0.717) is 19.1 Å². The SMILES string of the molecule is C[C@H](O)CNC(O)[C@H](CCCC(C1=CC=CCC1)(c1ccccc1)C1C=CC=CC1)NCCCOC1CCCCO1. The smallest absolute Gasteiger partial charge is 0.157 e. The van der Waals surface area contributed by atoms with Crippen LogP contribution in [-0.2, 0) is 14.9 Å². The molecule has 41 heavy (non-hydrogen) atoms. The number of ether oxygens (including phenoxy) is 2. The van der Waals surface area contributed by atoms with Gasteiger partial charge in [0.2, 0.25) is 0 Å².